The molecular formula is C18H12FN5O4. The van der Waals surface area contributed by atoms with E-state index in [0.717, 1.165) is 12.1 Å². The lowest BCUT2D eigenvalue weighted by Gasteiger charge is -2.11. The summed E-state index contributed by atoms with van der Waals surface area (Å²) >= 11 is 0. The van der Waals surface area contributed by atoms with Gasteiger partial charge in [0.25, 0.3) is 5.91 Å². The number of benzene rings is 1. The number of rotatable bonds is 5. The van der Waals surface area contributed by atoms with Crippen molar-refractivity contribution in [1.29, 1.82) is 5.26 Å². The van der Waals surface area contributed by atoms with Gasteiger partial charge in [0.15, 0.2) is 23.1 Å². The number of nitrogens with one attached hydrogen (secondary N) is 1. The number of nitrogens with zero attached hydrogens (tertiary/aromatic N) is 4. The minimum atomic E-state index is -1.36. The first-order valence-corrected chi connectivity index (χ1v) is 7.77. The normalized spacial score (nSPS) is 10.2. The van der Waals surface area contributed by atoms with Gasteiger partial charge in [-0.3, -0.25) is 4.79 Å². The lowest BCUT2D eigenvalue weighted by atomic mass is 10.1. The summed E-state index contributed by atoms with van der Waals surface area (Å²) in [4.78, 5) is 23.7. The molecule has 2 aromatic heterocycles. The molecule has 0 bridgehead atoms. The minimum absolute atomic E-state index is 0.107. The smallest absolute Gasteiger partial charge is 0.337 e. The zero-order chi connectivity index (χ0) is 20.3. The Balaban J connectivity index is 1.84. The first-order chi connectivity index (χ1) is 13.4. The van der Waals surface area contributed by atoms with Gasteiger partial charge in [0.1, 0.15) is 6.07 Å². The molecule has 1 amide bonds. The standard InChI is InChI=1S/C18H12FN5O4/c1-28-15-6-11(18(26)27)14(7-12(15)19)21-17(25)13-2-3-16(23-22-13)24-5-4-10(8-20)9-24/h2-7,9H,1H3,(H,21,25)(H,26,27). The van der Waals surface area contributed by atoms with E-state index in [1.54, 1.807) is 23.0 Å². The summed E-state index contributed by atoms with van der Waals surface area (Å²) in [6, 6.07) is 8.26. The number of ether oxygens (including phenoxy) is 1. The number of hydrogen-bond acceptors (Lipinski definition) is 6. The molecule has 0 saturated heterocycles. The Hall–Kier alpha value is -4.26. The largest absolute Gasteiger partial charge is 0.494 e. The molecule has 0 radical (unpaired) electrons. The van der Waals surface area contributed by atoms with Gasteiger partial charge in [-0.1, -0.05) is 0 Å². The van der Waals surface area contributed by atoms with Crippen LogP contribution in [-0.2, 0) is 0 Å². The van der Waals surface area contributed by atoms with Gasteiger partial charge in [-0.05, 0) is 24.3 Å². The fraction of sp³-hybridized carbons (Fsp3) is 0.0556. The Labute approximate surface area is 157 Å². The highest BCUT2D eigenvalue weighted by molar-refractivity contribution is 6.06. The molecule has 0 spiro atoms. The zero-order valence-corrected chi connectivity index (χ0v) is 14.4. The van der Waals surface area contributed by atoms with E-state index in [9.17, 15) is 19.1 Å². The van der Waals surface area contributed by atoms with Gasteiger partial charge in [0, 0.05) is 18.5 Å². The van der Waals surface area contributed by atoms with Crippen molar-refractivity contribution in [3.8, 4) is 17.6 Å². The number of methoxy groups -OCH3 is 1. The van der Waals surface area contributed by atoms with Crippen molar-refractivity contribution in [1.82, 2.24) is 14.8 Å². The van der Waals surface area contributed by atoms with Gasteiger partial charge < -0.3 is 19.7 Å². The molecule has 0 atom stereocenters. The Morgan fingerprint density at radius 1 is 1.29 bits per heavy atom. The van der Waals surface area contributed by atoms with Crippen molar-refractivity contribution in [3.63, 3.8) is 0 Å². The van der Waals surface area contributed by atoms with Crippen LogP contribution >= 0.6 is 0 Å². The van der Waals surface area contributed by atoms with E-state index in [0.29, 0.717) is 11.4 Å². The second kappa shape index (κ2) is 7.55. The highest BCUT2D eigenvalue weighted by atomic mass is 19.1. The quantitative estimate of drug-likeness (QED) is 0.693. The summed E-state index contributed by atoms with van der Waals surface area (Å²) in [7, 11) is 1.20. The van der Waals surface area contributed by atoms with Crippen molar-refractivity contribution in [2.75, 3.05) is 12.4 Å². The highest BCUT2D eigenvalue weighted by Gasteiger charge is 2.19. The first kappa shape index (κ1) is 18.5. The topological polar surface area (TPSA) is 130 Å². The molecule has 2 heterocycles. The zero-order valence-electron chi connectivity index (χ0n) is 14.4. The third kappa shape index (κ3) is 3.63. The van der Waals surface area contributed by atoms with Crippen LogP contribution in [0.3, 0.4) is 0 Å². The van der Waals surface area contributed by atoms with Crippen LogP contribution in [0.25, 0.3) is 5.82 Å². The maximum absolute atomic E-state index is 13.9. The van der Waals surface area contributed by atoms with Crippen molar-refractivity contribution in [2.24, 2.45) is 0 Å². The summed E-state index contributed by atoms with van der Waals surface area (Å²) in [5.74, 6) is -2.85. The van der Waals surface area contributed by atoms with Crippen LogP contribution in [0.1, 0.15) is 26.4 Å². The third-order valence-corrected chi connectivity index (χ3v) is 3.74. The Kier molecular flexibility index (Phi) is 4.99. The predicted molar refractivity (Wildman–Crippen MR) is 93.9 cm³/mol. The lowest BCUT2D eigenvalue weighted by molar-refractivity contribution is 0.0697. The second-order valence-electron chi connectivity index (χ2n) is 5.49. The summed E-state index contributed by atoms with van der Waals surface area (Å²) in [5, 5.41) is 28.1. The summed E-state index contributed by atoms with van der Waals surface area (Å²) in [6.45, 7) is 0. The van der Waals surface area contributed by atoms with Gasteiger partial charge in [0.2, 0.25) is 0 Å². The van der Waals surface area contributed by atoms with Crippen LogP contribution in [0.2, 0.25) is 0 Å². The molecule has 0 unspecified atom stereocenters. The van der Waals surface area contributed by atoms with Crippen LogP contribution in [-0.4, -0.2) is 38.9 Å². The molecule has 0 aliphatic carbocycles. The number of amides is 1. The lowest BCUT2D eigenvalue weighted by Crippen LogP contribution is -2.17. The molecule has 140 valence electrons. The molecule has 1 aromatic carbocycles. The number of carboxylic acid groups (broad SMARTS) is 1. The number of carbonyl (C=O) groups excluding carboxylic acids is 1. The molecule has 10 heteroatoms. The van der Waals surface area contributed by atoms with Crippen LogP contribution < -0.4 is 10.1 Å². The fourth-order valence-electron chi connectivity index (χ4n) is 2.37. The van der Waals surface area contributed by atoms with E-state index in [4.69, 9.17) is 10.00 Å². The van der Waals surface area contributed by atoms with Crippen molar-refractivity contribution in [3.05, 3.63) is 65.4 Å². The molecule has 3 rings (SSSR count). The highest BCUT2D eigenvalue weighted by Crippen LogP contribution is 2.26. The average molecular weight is 381 g/mol. The summed E-state index contributed by atoms with van der Waals surface area (Å²) in [6.07, 6.45) is 3.16. The molecule has 2 N–H and O–H groups in total. The third-order valence-electron chi connectivity index (χ3n) is 3.74. The van der Waals surface area contributed by atoms with Gasteiger partial charge in [-0.2, -0.15) is 5.26 Å². The molecule has 9 nitrogen and oxygen atoms in total. The Bertz CT molecular complexity index is 1100. The molecule has 28 heavy (non-hydrogen) atoms. The second-order valence-corrected chi connectivity index (χ2v) is 5.49. The van der Waals surface area contributed by atoms with Gasteiger partial charge in [-0.15, -0.1) is 10.2 Å². The molecular weight excluding hydrogens is 369 g/mol. The van der Waals surface area contributed by atoms with Crippen molar-refractivity contribution in [2.45, 2.75) is 0 Å². The molecule has 0 aliphatic rings. The van der Waals surface area contributed by atoms with Crippen molar-refractivity contribution >= 4 is 17.6 Å². The van der Waals surface area contributed by atoms with Gasteiger partial charge in [-0.25, -0.2) is 9.18 Å². The number of aromatic nitrogens is 3. The number of carbonyl (C=O) groups is 2. The number of carboxylic acids is 1. The SMILES string of the molecule is COc1cc(C(=O)O)c(NC(=O)c2ccc(-n3ccc(C#N)c3)nn2)cc1F. The number of halogens is 1. The Morgan fingerprint density at radius 2 is 2.07 bits per heavy atom. The molecule has 0 saturated carbocycles. The van der Waals surface area contributed by atoms with Crippen LogP contribution in [0.4, 0.5) is 10.1 Å². The van der Waals surface area contributed by atoms with E-state index in [1.807, 2.05) is 6.07 Å². The van der Waals surface area contributed by atoms with Crippen LogP contribution in [0, 0.1) is 17.1 Å². The molecule has 3 aromatic rings. The average Bonchev–Trinajstić information content (AvgIpc) is 3.17. The number of hydrogen-bond donors (Lipinski definition) is 2. The maximum Gasteiger partial charge on any atom is 0.337 e. The maximum atomic E-state index is 13.9. The minimum Gasteiger partial charge on any atom is -0.494 e. The number of anilines is 1. The number of aromatic carboxylic acids is 1. The van der Waals surface area contributed by atoms with E-state index >= 15 is 0 Å². The van der Waals surface area contributed by atoms with Crippen LogP contribution in [0.15, 0.2) is 42.7 Å². The first-order valence-electron chi connectivity index (χ1n) is 7.77. The van der Waals surface area contributed by atoms with Gasteiger partial charge >= 0.3 is 5.97 Å². The van der Waals surface area contributed by atoms with E-state index < -0.39 is 17.7 Å². The van der Waals surface area contributed by atoms with Gasteiger partial charge in [0.05, 0.1) is 23.9 Å². The summed E-state index contributed by atoms with van der Waals surface area (Å²) in [5.41, 5.74) is -0.256. The van der Waals surface area contributed by atoms with E-state index in [-0.39, 0.29) is 22.7 Å². The predicted octanol–water partition coefficient (Wildman–Crippen LogP) is 2.24. The molecule has 0 fully saturated rings. The summed E-state index contributed by atoms with van der Waals surface area (Å²) < 4.78 is 20.2. The fourth-order valence-corrected chi connectivity index (χ4v) is 2.37. The molecule has 0 aliphatic heterocycles. The van der Waals surface area contributed by atoms with E-state index in [2.05, 4.69) is 15.5 Å². The van der Waals surface area contributed by atoms with Crippen molar-refractivity contribution < 1.29 is 23.8 Å². The Morgan fingerprint density at radius 3 is 2.64 bits per heavy atom. The van der Waals surface area contributed by atoms with E-state index in [1.165, 1.54) is 19.2 Å². The number of nitriles is 1. The monoisotopic (exact) mass is 381 g/mol. The van der Waals surface area contributed by atoms with Crippen LogP contribution in [0.5, 0.6) is 5.75 Å².